The van der Waals surface area contributed by atoms with Crippen LogP contribution in [0.25, 0.3) is 33.8 Å². The molecule has 254 valence electrons. The first-order valence-corrected chi connectivity index (χ1v) is 16.7. The lowest BCUT2D eigenvalue weighted by atomic mass is 9.95. The molecule has 6 nitrogen and oxygen atoms in total. The number of fused-ring (bicyclic) bond motifs is 12. The summed E-state index contributed by atoms with van der Waals surface area (Å²) in [5, 5.41) is 11.6. The predicted molar refractivity (Wildman–Crippen MR) is 189 cm³/mol. The molecule has 0 saturated carbocycles. The van der Waals surface area contributed by atoms with Crippen molar-refractivity contribution in [3.63, 3.8) is 0 Å². The lowest BCUT2D eigenvalue weighted by molar-refractivity contribution is -1.10. The Bertz CT molecular complexity index is 2530. The molecule has 1 spiro atoms. The molecule has 0 bridgehead atoms. The Hall–Kier alpha value is -6.39. The second-order valence-corrected chi connectivity index (χ2v) is 12.6. The smallest absolute Gasteiger partial charge is 0.395 e. The van der Waals surface area contributed by atoms with Crippen LogP contribution < -0.4 is 14.5 Å². The maximum atomic E-state index is 16.7. The van der Waals surface area contributed by atoms with Gasteiger partial charge in [-0.25, -0.2) is 17.6 Å². The minimum atomic E-state index is -1.61. The Kier molecular flexibility index (Phi) is 7.20. The highest BCUT2D eigenvalue weighted by molar-refractivity contribution is 5.89. The zero-order valence-corrected chi connectivity index (χ0v) is 27.6. The summed E-state index contributed by atoms with van der Waals surface area (Å²) in [5.41, 5.74) is 4.04. The molecule has 3 aliphatic rings. The van der Waals surface area contributed by atoms with E-state index < -0.39 is 46.9 Å². The topological polar surface area (TPSA) is 48.0 Å². The van der Waals surface area contributed by atoms with E-state index in [-0.39, 0.29) is 23.5 Å². The largest absolute Gasteiger partial charge is 0.590 e. The summed E-state index contributed by atoms with van der Waals surface area (Å²) in [6.07, 6.45) is 10.9. The van der Waals surface area contributed by atoms with Crippen molar-refractivity contribution in [2.75, 3.05) is 18.5 Å². The molecule has 3 aromatic heterocycles. The molecule has 0 fully saturated rings. The lowest BCUT2D eigenvalue weighted by Crippen LogP contribution is -2.77. The number of pyridine rings is 2. The Morgan fingerprint density at radius 2 is 1.33 bits per heavy atom. The summed E-state index contributed by atoms with van der Waals surface area (Å²) in [6, 6.07) is 30.8. The van der Waals surface area contributed by atoms with E-state index in [4.69, 9.17) is 0 Å². The molecule has 6 aromatic rings. The van der Waals surface area contributed by atoms with E-state index >= 15 is 17.6 Å². The molecule has 0 radical (unpaired) electrons. The number of nitrogens with one attached hydrogen (secondary N) is 1. The van der Waals surface area contributed by atoms with Gasteiger partial charge in [-0.2, -0.15) is 0 Å². The SMILES string of the molecule is C=C1c2ccccc2-c2cccc[n+]2C2(c3ccccc3-c3cccc[n+]32)[N+]2=CC=C/C2=C(\c2c(F)c(F)c(NCCO)c(F)c2F)c2cccn21. The first-order chi connectivity index (χ1) is 25.4. The van der Waals surface area contributed by atoms with Gasteiger partial charge in [0.1, 0.15) is 5.69 Å². The Labute approximate surface area is 296 Å². The third-order valence-electron chi connectivity index (χ3n) is 10.0. The van der Waals surface area contributed by atoms with Crippen molar-refractivity contribution < 1.29 is 36.4 Å². The number of aromatic nitrogens is 3. The average molecular weight is 697 g/mol. The number of allylic oxidation sites excluding steroid dienone is 2. The van der Waals surface area contributed by atoms with Crippen molar-refractivity contribution >= 4 is 23.2 Å². The second kappa shape index (κ2) is 11.9. The summed E-state index contributed by atoms with van der Waals surface area (Å²) >= 11 is 0. The van der Waals surface area contributed by atoms with Gasteiger partial charge in [-0.3, -0.25) is 0 Å². The van der Waals surface area contributed by atoms with E-state index in [1.165, 1.54) is 0 Å². The second-order valence-electron chi connectivity index (χ2n) is 12.6. The fourth-order valence-electron chi connectivity index (χ4n) is 7.94. The van der Waals surface area contributed by atoms with Gasteiger partial charge in [0.05, 0.1) is 34.6 Å². The zero-order chi connectivity index (χ0) is 35.7. The van der Waals surface area contributed by atoms with Gasteiger partial charge >= 0.3 is 5.79 Å². The third-order valence-corrected chi connectivity index (χ3v) is 10.0. The predicted octanol–water partition coefficient (Wildman–Crippen LogP) is 6.82. The quantitative estimate of drug-likeness (QED) is 0.121. The monoisotopic (exact) mass is 696 g/mol. The van der Waals surface area contributed by atoms with Crippen LogP contribution in [0.1, 0.15) is 22.4 Å². The number of anilines is 1. The van der Waals surface area contributed by atoms with E-state index in [2.05, 4.69) is 21.0 Å². The standard InChI is InChI=1S/C42H29F4N5O/c1-26-27-12-2-3-13-28(27)31-16-6-8-22-49(31)42(30-15-5-4-14-29(30)32-17-7-9-23-50(32)42)51-24-11-19-34(51)35(33-18-10-21-48(26)33)36-37(43)39(45)41(47-20-25-52)40(46)38(36)44/h2-19,21-24,52H,1,20,25H2/q+2/p+1. The molecule has 2 N–H and O–H groups in total. The fraction of sp³-hybridized carbons (Fsp3) is 0.0714. The highest BCUT2D eigenvalue weighted by Gasteiger charge is 2.71. The van der Waals surface area contributed by atoms with Crippen LogP contribution in [-0.2, 0) is 5.79 Å². The van der Waals surface area contributed by atoms with Gasteiger partial charge in [0.15, 0.2) is 47.4 Å². The molecule has 0 aliphatic carbocycles. The van der Waals surface area contributed by atoms with Gasteiger partial charge in [0.25, 0.3) is 0 Å². The maximum Gasteiger partial charge on any atom is 0.590 e. The van der Waals surface area contributed by atoms with Crippen molar-refractivity contribution in [3.8, 4) is 22.5 Å². The summed E-state index contributed by atoms with van der Waals surface area (Å²) < 4.78 is 73.1. The number of halogens is 4. The lowest BCUT2D eigenvalue weighted by Gasteiger charge is -2.21. The van der Waals surface area contributed by atoms with Gasteiger partial charge in [-0.05, 0) is 42.5 Å². The number of nitrogens with zero attached hydrogens (tertiary/aromatic N) is 4. The number of hydrogen-bond acceptors (Lipinski definition) is 2. The minimum absolute atomic E-state index is 0.100. The van der Waals surface area contributed by atoms with Crippen LogP contribution in [0.4, 0.5) is 23.2 Å². The maximum absolute atomic E-state index is 16.7. The van der Waals surface area contributed by atoms with Crippen molar-refractivity contribution in [3.05, 3.63) is 186 Å². The molecule has 6 heterocycles. The number of aliphatic hydroxyl groups is 1. The first kappa shape index (κ1) is 31.6. The number of rotatable bonds is 4. The Morgan fingerprint density at radius 1 is 0.712 bits per heavy atom. The van der Waals surface area contributed by atoms with E-state index in [1.807, 2.05) is 108 Å². The minimum Gasteiger partial charge on any atom is -0.395 e. The molecule has 9 rings (SSSR count). The van der Waals surface area contributed by atoms with E-state index in [0.717, 1.165) is 33.6 Å². The Balaban J connectivity index is 1.50. The van der Waals surface area contributed by atoms with E-state index in [0.29, 0.717) is 5.70 Å². The highest BCUT2D eigenvalue weighted by Crippen LogP contribution is 2.45. The molecular weight excluding hydrogens is 666 g/mol. The van der Waals surface area contributed by atoms with Crippen molar-refractivity contribution in [2.24, 2.45) is 0 Å². The first-order valence-electron chi connectivity index (χ1n) is 16.7. The average Bonchev–Trinajstić information content (AvgIpc) is 3.93. The number of hydrogen-bond donors (Lipinski definition) is 2. The van der Waals surface area contributed by atoms with Gasteiger partial charge in [-0.1, -0.05) is 50.6 Å². The van der Waals surface area contributed by atoms with Crippen LogP contribution >= 0.6 is 0 Å². The van der Waals surface area contributed by atoms with Crippen molar-refractivity contribution in [1.29, 1.82) is 0 Å². The van der Waals surface area contributed by atoms with Crippen LogP contribution in [0.2, 0.25) is 0 Å². The van der Waals surface area contributed by atoms with E-state index in [9.17, 15) is 5.11 Å². The molecule has 1 atom stereocenters. The molecular formula is C42H30F4N5O+3. The zero-order valence-electron chi connectivity index (χ0n) is 27.6. The summed E-state index contributed by atoms with van der Waals surface area (Å²) in [6.45, 7) is 3.64. The molecule has 3 aliphatic heterocycles. The fourth-order valence-corrected chi connectivity index (χ4v) is 7.94. The summed E-state index contributed by atoms with van der Waals surface area (Å²) in [4.78, 5) is 0. The van der Waals surface area contributed by atoms with Crippen LogP contribution in [0.15, 0.2) is 140 Å². The van der Waals surface area contributed by atoms with Crippen LogP contribution in [0.3, 0.4) is 0 Å². The van der Waals surface area contributed by atoms with Crippen molar-refractivity contribution in [1.82, 2.24) is 4.57 Å². The number of benzene rings is 3. The summed E-state index contributed by atoms with van der Waals surface area (Å²) in [7, 11) is 0. The molecule has 3 aromatic carbocycles. The van der Waals surface area contributed by atoms with Gasteiger partial charge in [0, 0.05) is 60.4 Å². The molecule has 52 heavy (non-hydrogen) atoms. The van der Waals surface area contributed by atoms with Crippen LogP contribution in [-0.4, -0.2) is 33.6 Å². The highest BCUT2D eigenvalue weighted by atomic mass is 19.2. The third kappa shape index (κ3) is 4.18. The number of aliphatic hydroxyl groups excluding tert-OH is 1. The van der Waals surface area contributed by atoms with Gasteiger partial charge in [-0.15, -0.1) is 0 Å². The molecule has 10 heteroatoms. The molecule has 0 saturated heterocycles. The Morgan fingerprint density at radius 3 is 2.02 bits per heavy atom. The van der Waals surface area contributed by atoms with Crippen LogP contribution in [0.5, 0.6) is 0 Å². The van der Waals surface area contributed by atoms with Gasteiger partial charge in [0.2, 0.25) is 17.1 Å². The van der Waals surface area contributed by atoms with Gasteiger partial charge < -0.3 is 15.0 Å². The van der Waals surface area contributed by atoms with Crippen LogP contribution in [0, 0.1) is 23.3 Å². The normalized spacial score (nSPS) is 18.2. The summed E-state index contributed by atoms with van der Waals surface area (Å²) in [5.74, 6) is -7.68. The van der Waals surface area contributed by atoms with E-state index in [1.54, 1.807) is 35.0 Å². The molecule has 1 unspecified atom stereocenters. The molecule has 0 amide bonds. The van der Waals surface area contributed by atoms with Crippen molar-refractivity contribution in [2.45, 2.75) is 5.79 Å².